The van der Waals surface area contributed by atoms with Crippen LogP contribution < -0.4 is 9.62 Å². The molecule has 0 unspecified atom stereocenters. The number of carbonyl (C=O) groups is 1. The number of rotatable bonds is 8. The largest absolute Gasteiger partial charge is 0.468 e. The molecule has 1 aliphatic rings. The minimum atomic E-state index is -3.87. The van der Waals surface area contributed by atoms with E-state index in [1.165, 1.54) is 29.6 Å². The summed E-state index contributed by atoms with van der Waals surface area (Å²) in [5.41, 5.74) is 0.629. The average Bonchev–Trinajstić information content (AvgIpc) is 3.54. The summed E-state index contributed by atoms with van der Waals surface area (Å²) in [6.07, 6.45) is 3.83. The number of nitrogens with zero attached hydrogens (tertiary/aromatic N) is 2. The van der Waals surface area contributed by atoms with Crippen molar-refractivity contribution in [2.45, 2.75) is 23.8 Å². The number of para-hydroxylation sites is 1. The Morgan fingerprint density at radius 1 is 1.12 bits per heavy atom. The molecule has 1 saturated heterocycles. The molecule has 2 aromatic carbocycles. The quantitative estimate of drug-likeness (QED) is 0.511. The molecule has 1 amide bonds. The van der Waals surface area contributed by atoms with E-state index in [9.17, 15) is 13.2 Å². The number of benzene rings is 2. The Morgan fingerprint density at radius 2 is 1.85 bits per heavy atom. The van der Waals surface area contributed by atoms with Crippen molar-refractivity contribution >= 4 is 33.2 Å². The molecule has 3 aromatic rings. The summed E-state index contributed by atoms with van der Waals surface area (Å²) >= 11 is 6.28. The van der Waals surface area contributed by atoms with Crippen molar-refractivity contribution in [3.8, 4) is 0 Å². The second kappa shape index (κ2) is 9.99. The van der Waals surface area contributed by atoms with E-state index in [2.05, 4.69) is 10.2 Å². The summed E-state index contributed by atoms with van der Waals surface area (Å²) in [4.78, 5) is 15.3. The molecule has 0 bridgehead atoms. The fourth-order valence-electron chi connectivity index (χ4n) is 4.00. The zero-order valence-electron chi connectivity index (χ0n) is 18.3. The molecule has 1 aromatic heterocycles. The van der Waals surface area contributed by atoms with Gasteiger partial charge in [0.05, 0.1) is 33.5 Å². The number of sulfonamides is 1. The van der Waals surface area contributed by atoms with Crippen LogP contribution in [0.2, 0.25) is 5.02 Å². The van der Waals surface area contributed by atoms with E-state index in [1.54, 1.807) is 30.5 Å². The second-order valence-electron chi connectivity index (χ2n) is 7.93. The molecule has 0 radical (unpaired) electrons. The van der Waals surface area contributed by atoms with Gasteiger partial charge in [0.15, 0.2) is 0 Å². The Balaban J connectivity index is 1.54. The molecule has 0 spiro atoms. The molecular formula is C24H26ClN3O4S. The molecule has 0 aliphatic carbocycles. The van der Waals surface area contributed by atoms with Gasteiger partial charge in [0.1, 0.15) is 5.76 Å². The molecule has 1 aliphatic heterocycles. The number of hydrogen-bond donors (Lipinski definition) is 1. The van der Waals surface area contributed by atoms with E-state index in [0.717, 1.165) is 31.7 Å². The van der Waals surface area contributed by atoms with Crippen molar-refractivity contribution in [2.24, 2.45) is 0 Å². The first kappa shape index (κ1) is 23.4. The minimum Gasteiger partial charge on any atom is -0.468 e. The topological polar surface area (TPSA) is 82.9 Å². The van der Waals surface area contributed by atoms with E-state index in [1.807, 2.05) is 18.2 Å². The molecule has 2 heterocycles. The van der Waals surface area contributed by atoms with Gasteiger partial charge in [-0.3, -0.25) is 14.0 Å². The van der Waals surface area contributed by atoms with E-state index in [0.29, 0.717) is 12.2 Å². The first-order valence-corrected chi connectivity index (χ1v) is 12.6. The van der Waals surface area contributed by atoms with Crippen LogP contribution >= 0.6 is 11.6 Å². The maximum atomic E-state index is 13.1. The molecule has 1 atom stereocenters. The van der Waals surface area contributed by atoms with Gasteiger partial charge in [0.2, 0.25) is 0 Å². The SMILES string of the molecule is CN(c1ccccc1)S(=O)(=O)c1ccc(Cl)c(C(=O)NC[C@@H](c2ccco2)N2CCCC2)c1. The number of halogens is 1. The van der Waals surface area contributed by atoms with Gasteiger partial charge >= 0.3 is 0 Å². The molecule has 1 N–H and O–H groups in total. The van der Waals surface area contributed by atoms with Gasteiger partial charge in [-0.15, -0.1) is 0 Å². The zero-order valence-corrected chi connectivity index (χ0v) is 19.8. The third-order valence-corrected chi connectivity index (χ3v) is 7.98. The van der Waals surface area contributed by atoms with Crippen LogP contribution in [-0.4, -0.2) is 45.9 Å². The minimum absolute atomic E-state index is 0.00877. The normalized spacial score (nSPS) is 15.3. The fourth-order valence-corrected chi connectivity index (χ4v) is 5.43. The van der Waals surface area contributed by atoms with Gasteiger partial charge in [-0.25, -0.2) is 8.42 Å². The smallest absolute Gasteiger partial charge is 0.264 e. The van der Waals surface area contributed by atoms with Gasteiger partial charge < -0.3 is 9.73 Å². The number of likely N-dealkylation sites (tertiary alicyclic amines) is 1. The van der Waals surface area contributed by atoms with Crippen LogP contribution in [0.1, 0.15) is 35.0 Å². The number of hydrogen-bond acceptors (Lipinski definition) is 5. The van der Waals surface area contributed by atoms with Crippen molar-refractivity contribution in [3.05, 3.63) is 83.3 Å². The van der Waals surface area contributed by atoms with Gasteiger partial charge in [-0.1, -0.05) is 29.8 Å². The summed E-state index contributed by atoms with van der Waals surface area (Å²) in [5, 5.41) is 3.10. The lowest BCUT2D eigenvalue weighted by Gasteiger charge is -2.26. The van der Waals surface area contributed by atoms with Gasteiger partial charge in [0.25, 0.3) is 15.9 Å². The number of nitrogens with one attached hydrogen (secondary N) is 1. The summed E-state index contributed by atoms with van der Waals surface area (Å²) in [6, 6.07) is 16.5. The lowest BCUT2D eigenvalue weighted by Crippen LogP contribution is -2.36. The van der Waals surface area contributed by atoms with Crippen molar-refractivity contribution < 1.29 is 17.6 Å². The van der Waals surface area contributed by atoms with Crippen LogP contribution in [-0.2, 0) is 10.0 Å². The van der Waals surface area contributed by atoms with Crippen LogP contribution in [0.3, 0.4) is 0 Å². The van der Waals surface area contributed by atoms with Gasteiger partial charge in [-0.05, 0) is 68.4 Å². The highest BCUT2D eigenvalue weighted by Gasteiger charge is 2.27. The maximum absolute atomic E-state index is 13.1. The summed E-state index contributed by atoms with van der Waals surface area (Å²) in [6.45, 7) is 2.19. The lowest BCUT2D eigenvalue weighted by molar-refractivity contribution is 0.0933. The molecule has 7 nitrogen and oxygen atoms in total. The standard InChI is InChI=1S/C24H26ClN3O4S/c1-27(18-8-3-2-4-9-18)33(30,31)19-11-12-21(25)20(16-19)24(29)26-17-22(23-10-7-15-32-23)28-13-5-6-14-28/h2-4,7-12,15-16,22H,5-6,13-14,17H2,1H3,(H,26,29)/t22-/m0/s1. The molecule has 1 fully saturated rings. The number of anilines is 1. The molecule has 4 rings (SSSR count). The van der Waals surface area contributed by atoms with Gasteiger partial charge in [-0.2, -0.15) is 0 Å². The summed E-state index contributed by atoms with van der Waals surface area (Å²) in [5.74, 6) is 0.347. The maximum Gasteiger partial charge on any atom is 0.264 e. The Kier molecular flexibility index (Phi) is 7.07. The highest BCUT2D eigenvalue weighted by molar-refractivity contribution is 7.92. The van der Waals surface area contributed by atoms with Crippen molar-refractivity contribution in [1.29, 1.82) is 0 Å². The number of furan rings is 1. The van der Waals surface area contributed by atoms with Crippen LogP contribution in [0.5, 0.6) is 0 Å². The predicted octanol–water partition coefficient (Wildman–Crippen LogP) is 4.33. The molecule has 9 heteroatoms. The van der Waals surface area contributed by atoms with Crippen LogP contribution in [0.4, 0.5) is 5.69 Å². The lowest BCUT2D eigenvalue weighted by atomic mass is 10.1. The predicted molar refractivity (Wildman–Crippen MR) is 128 cm³/mol. The first-order chi connectivity index (χ1) is 15.9. The summed E-state index contributed by atoms with van der Waals surface area (Å²) < 4.78 is 33.1. The monoisotopic (exact) mass is 487 g/mol. The third-order valence-electron chi connectivity index (χ3n) is 5.87. The van der Waals surface area contributed by atoms with Crippen LogP contribution in [0, 0.1) is 0 Å². The van der Waals surface area contributed by atoms with Crippen LogP contribution in [0.15, 0.2) is 76.2 Å². The fraction of sp³-hybridized carbons (Fsp3) is 0.292. The summed E-state index contributed by atoms with van der Waals surface area (Å²) in [7, 11) is -2.40. The molecule has 33 heavy (non-hydrogen) atoms. The Labute approximate surface area is 199 Å². The first-order valence-electron chi connectivity index (χ1n) is 10.8. The zero-order chi connectivity index (χ0) is 23.4. The van der Waals surface area contributed by atoms with E-state index in [4.69, 9.17) is 16.0 Å². The van der Waals surface area contributed by atoms with Gasteiger partial charge in [0, 0.05) is 13.6 Å². The van der Waals surface area contributed by atoms with Crippen molar-refractivity contribution in [2.75, 3.05) is 31.0 Å². The molecule has 0 saturated carbocycles. The number of carbonyl (C=O) groups excluding carboxylic acids is 1. The second-order valence-corrected chi connectivity index (χ2v) is 10.3. The van der Waals surface area contributed by atoms with E-state index < -0.39 is 15.9 Å². The highest BCUT2D eigenvalue weighted by atomic mass is 35.5. The highest BCUT2D eigenvalue weighted by Crippen LogP contribution is 2.27. The third kappa shape index (κ3) is 5.08. The van der Waals surface area contributed by atoms with E-state index >= 15 is 0 Å². The average molecular weight is 488 g/mol. The van der Waals surface area contributed by atoms with Crippen LogP contribution in [0.25, 0.3) is 0 Å². The molecule has 174 valence electrons. The number of amides is 1. The van der Waals surface area contributed by atoms with E-state index in [-0.39, 0.29) is 21.5 Å². The van der Waals surface area contributed by atoms with Crippen molar-refractivity contribution in [1.82, 2.24) is 10.2 Å². The molecular weight excluding hydrogens is 462 g/mol. The Hall–Kier alpha value is -2.81. The van der Waals surface area contributed by atoms with Crippen molar-refractivity contribution in [3.63, 3.8) is 0 Å². The Morgan fingerprint density at radius 3 is 2.52 bits per heavy atom. The Bertz CT molecular complexity index is 1190.